The molecule has 0 saturated carbocycles. The second-order valence-electron chi connectivity index (χ2n) is 6.09. The number of carbonyl (C=O) groups excluding carboxylic acids is 1. The second-order valence-corrected chi connectivity index (χ2v) is 9.36. The van der Waals surface area contributed by atoms with E-state index in [-0.39, 0.29) is 0 Å². The van der Waals surface area contributed by atoms with Gasteiger partial charge < -0.3 is 5.32 Å². The largest absolute Gasteiger partial charge is 0.347 e. The SMILES string of the molecule is CC1(C)SC(=S)N(/N=C/c2cccs2)C1N(O)C(=O)Nc1ccccc1. The van der Waals surface area contributed by atoms with E-state index in [0.717, 1.165) is 4.88 Å². The van der Waals surface area contributed by atoms with Gasteiger partial charge in [-0.15, -0.1) is 11.3 Å². The summed E-state index contributed by atoms with van der Waals surface area (Å²) >= 11 is 8.34. The van der Waals surface area contributed by atoms with Crippen LogP contribution in [-0.2, 0) is 0 Å². The molecule has 26 heavy (non-hydrogen) atoms. The molecule has 136 valence electrons. The van der Waals surface area contributed by atoms with E-state index < -0.39 is 16.9 Å². The first-order chi connectivity index (χ1) is 12.4. The number of anilines is 1. The zero-order valence-electron chi connectivity index (χ0n) is 14.2. The number of hydrazone groups is 1. The molecule has 1 fully saturated rings. The molecule has 0 bridgehead atoms. The number of thioether (sulfide) groups is 1. The third-order valence-corrected chi connectivity index (χ3v) is 6.05. The summed E-state index contributed by atoms with van der Waals surface area (Å²) < 4.78 is -0.0357. The molecular formula is C17H18N4O2S3. The number of hydrogen-bond acceptors (Lipinski definition) is 6. The average Bonchev–Trinajstić information content (AvgIpc) is 3.18. The van der Waals surface area contributed by atoms with Crippen molar-refractivity contribution < 1.29 is 10.0 Å². The predicted molar refractivity (Wildman–Crippen MR) is 111 cm³/mol. The van der Waals surface area contributed by atoms with Crippen LogP contribution in [0.25, 0.3) is 0 Å². The van der Waals surface area contributed by atoms with Crippen LogP contribution < -0.4 is 5.32 Å². The van der Waals surface area contributed by atoms with E-state index in [4.69, 9.17) is 12.2 Å². The Morgan fingerprint density at radius 1 is 1.35 bits per heavy atom. The maximum absolute atomic E-state index is 12.5. The summed E-state index contributed by atoms with van der Waals surface area (Å²) in [5, 5.41) is 21.8. The van der Waals surface area contributed by atoms with Gasteiger partial charge in [-0.1, -0.05) is 48.2 Å². The van der Waals surface area contributed by atoms with Crippen molar-refractivity contribution in [1.29, 1.82) is 0 Å². The van der Waals surface area contributed by atoms with Crippen LogP contribution in [0.15, 0.2) is 52.9 Å². The Bertz CT molecular complexity index is 809. The number of rotatable bonds is 4. The lowest BCUT2D eigenvalue weighted by Gasteiger charge is -2.34. The summed E-state index contributed by atoms with van der Waals surface area (Å²) in [5.74, 6) is 0. The first-order valence-corrected chi connectivity index (χ1v) is 9.93. The Morgan fingerprint density at radius 2 is 2.08 bits per heavy atom. The summed E-state index contributed by atoms with van der Waals surface area (Å²) in [6.45, 7) is 3.82. The first-order valence-electron chi connectivity index (χ1n) is 7.82. The van der Waals surface area contributed by atoms with Gasteiger partial charge in [-0.3, -0.25) is 5.21 Å². The van der Waals surface area contributed by atoms with Gasteiger partial charge in [0.2, 0.25) is 0 Å². The lowest BCUT2D eigenvalue weighted by molar-refractivity contribution is -0.114. The molecule has 0 spiro atoms. The van der Waals surface area contributed by atoms with Gasteiger partial charge in [0.25, 0.3) is 0 Å². The van der Waals surface area contributed by atoms with Gasteiger partial charge in [-0.05, 0) is 37.4 Å². The van der Waals surface area contributed by atoms with Crippen molar-refractivity contribution in [3.63, 3.8) is 0 Å². The van der Waals surface area contributed by atoms with Crippen LogP contribution in [0.4, 0.5) is 10.5 Å². The van der Waals surface area contributed by atoms with E-state index in [1.807, 2.05) is 37.4 Å². The van der Waals surface area contributed by atoms with Gasteiger partial charge in [0, 0.05) is 10.6 Å². The number of hydroxylamine groups is 2. The van der Waals surface area contributed by atoms with Crippen LogP contribution >= 0.6 is 35.3 Å². The van der Waals surface area contributed by atoms with Crippen molar-refractivity contribution in [3.8, 4) is 0 Å². The average molecular weight is 407 g/mol. The molecule has 1 aliphatic rings. The molecule has 3 rings (SSSR count). The maximum Gasteiger partial charge on any atom is 0.347 e. The highest BCUT2D eigenvalue weighted by Crippen LogP contribution is 2.42. The molecule has 1 aromatic heterocycles. The molecule has 2 heterocycles. The van der Waals surface area contributed by atoms with Gasteiger partial charge >= 0.3 is 6.03 Å². The fourth-order valence-electron chi connectivity index (χ4n) is 2.52. The molecule has 1 aliphatic heterocycles. The Kier molecular flexibility index (Phi) is 5.61. The third kappa shape index (κ3) is 4.07. The quantitative estimate of drug-likeness (QED) is 0.340. The van der Waals surface area contributed by atoms with Gasteiger partial charge in [-0.25, -0.2) is 9.80 Å². The third-order valence-electron chi connectivity index (χ3n) is 3.71. The van der Waals surface area contributed by atoms with Crippen LogP contribution in [0.3, 0.4) is 0 Å². The molecule has 1 unspecified atom stereocenters. The molecule has 2 N–H and O–H groups in total. The fourth-order valence-corrected chi connectivity index (χ4v) is 4.89. The number of para-hydroxylation sites is 1. The van der Waals surface area contributed by atoms with Crippen molar-refractivity contribution >= 4 is 57.6 Å². The van der Waals surface area contributed by atoms with Gasteiger partial charge in [0.15, 0.2) is 10.5 Å². The second kappa shape index (κ2) is 7.75. The molecule has 2 aromatic rings. The van der Waals surface area contributed by atoms with E-state index in [1.54, 1.807) is 41.8 Å². The minimum atomic E-state index is -0.736. The highest BCUT2D eigenvalue weighted by molar-refractivity contribution is 8.24. The van der Waals surface area contributed by atoms with E-state index in [0.29, 0.717) is 15.1 Å². The van der Waals surface area contributed by atoms with Gasteiger partial charge in [0.1, 0.15) is 0 Å². The number of thiocarbonyl (C=S) groups is 1. The van der Waals surface area contributed by atoms with Crippen molar-refractivity contribution in [2.75, 3.05) is 5.32 Å². The lowest BCUT2D eigenvalue weighted by Crippen LogP contribution is -2.54. The number of carbonyl (C=O) groups is 1. The first kappa shape index (κ1) is 18.8. The summed E-state index contributed by atoms with van der Waals surface area (Å²) in [6, 6.07) is 12.2. The molecule has 2 amide bonds. The van der Waals surface area contributed by atoms with Crippen LogP contribution in [-0.4, -0.2) is 42.8 Å². The Balaban J connectivity index is 1.81. The highest BCUT2D eigenvalue weighted by Gasteiger charge is 2.50. The number of benzene rings is 1. The molecular weight excluding hydrogens is 388 g/mol. The minimum absolute atomic E-state index is 0.499. The summed E-state index contributed by atoms with van der Waals surface area (Å²) in [4.78, 5) is 13.5. The Labute approximate surface area is 165 Å². The Morgan fingerprint density at radius 3 is 2.73 bits per heavy atom. The van der Waals surface area contributed by atoms with E-state index in [2.05, 4.69) is 10.4 Å². The fraction of sp³-hybridized carbons (Fsp3) is 0.235. The number of nitrogens with one attached hydrogen (secondary N) is 1. The van der Waals surface area contributed by atoms with Gasteiger partial charge in [0.05, 0.1) is 11.0 Å². The molecule has 1 saturated heterocycles. The van der Waals surface area contributed by atoms with Crippen molar-refractivity contribution in [2.45, 2.75) is 24.8 Å². The predicted octanol–water partition coefficient (Wildman–Crippen LogP) is 4.44. The van der Waals surface area contributed by atoms with Gasteiger partial charge in [-0.2, -0.15) is 10.2 Å². The number of nitrogens with zero attached hydrogens (tertiary/aromatic N) is 3. The molecule has 0 radical (unpaired) electrons. The topological polar surface area (TPSA) is 68.2 Å². The van der Waals surface area contributed by atoms with Crippen molar-refractivity contribution in [3.05, 3.63) is 52.7 Å². The monoisotopic (exact) mass is 406 g/mol. The van der Waals surface area contributed by atoms with Crippen molar-refractivity contribution in [1.82, 2.24) is 10.1 Å². The Hall–Kier alpha value is -1.94. The molecule has 0 aliphatic carbocycles. The van der Waals surface area contributed by atoms with Crippen molar-refractivity contribution in [2.24, 2.45) is 5.10 Å². The lowest BCUT2D eigenvalue weighted by atomic mass is 10.1. The van der Waals surface area contributed by atoms with Crippen LogP contribution in [0.1, 0.15) is 18.7 Å². The normalized spacial score (nSPS) is 19.1. The number of amides is 2. The zero-order chi connectivity index (χ0) is 18.7. The summed E-state index contributed by atoms with van der Waals surface area (Å²) in [7, 11) is 0. The smallest absolute Gasteiger partial charge is 0.306 e. The van der Waals surface area contributed by atoms with Crippen LogP contribution in [0.5, 0.6) is 0 Å². The molecule has 6 nitrogen and oxygen atoms in total. The van der Waals surface area contributed by atoms with E-state index in [9.17, 15) is 10.0 Å². The molecule has 1 atom stereocenters. The van der Waals surface area contributed by atoms with E-state index >= 15 is 0 Å². The summed E-state index contributed by atoms with van der Waals surface area (Å²) in [6.07, 6.45) is 0.939. The maximum atomic E-state index is 12.5. The summed E-state index contributed by atoms with van der Waals surface area (Å²) in [5.41, 5.74) is 0.594. The highest BCUT2D eigenvalue weighted by atomic mass is 32.2. The number of urea groups is 1. The van der Waals surface area contributed by atoms with Crippen LogP contribution in [0, 0.1) is 0 Å². The number of thiophene rings is 1. The minimum Gasteiger partial charge on any atom is -0.306 e. The number of hydrogen-bond donors (Lipinski definition) is 2. The van der Waals surface area contributed by atoms with Crippen LogP contribution in [0.2, 0.25) is 0 Å². The molecule has 9 heteroatoms. The molecule has 1 aromatic carbocycles. The van der Waals surface area contributed by atoms with E-state index in [1.165, 1.54) is 16.8 Å². The zero-order valence-corrected chi connectivity index (χ0v) is 16.6. The standard InChI is InChI=1S/C17H18N4O2S3/c1-17(2)14(21(23)15(22)19-12-7-4-3-5-8-12)20(16(24)26-17)18-11-13-9-6-10-25-13/h3-11,14,23H,1-2H3,(H,19,22)/b18-11+.